The first-order valence-electron chi connectivity index (χ1n) is 10.00. The van der Waals surface area contributed by atoms with Gasteiger partial charge < -0.3 is 23.7 Å². The molecule has 0 radical (unpaired) electrons. The number of benzene rings is 3. The number of aliphatic hydroxyl groups excluding tert-OH is 1. The van der Waals surface area contributed by atoms with Crippen LogP contribution < -0.4 is 14.2 Å². The molecule has 0 spiro atoms. The first kappa shape index (κ1) is 19.2. The van der Waals surface area contributed by atoms with Crippen LogP contribution >= 0.6 is 0 Å². The Hall–Kier alpha value is -3.77. The molecular formula is C25H21NO5. The Kier molecular flexibility index (Phi) is 5.06. The first-order chi connectivity index (χ1) is 15.2. The molecule has 4 aromatic rings. The number of ether oxygens (including phenoxy) is 3. The van der Waals surface area contributed by atoms with E-state index in [-0.39, 0.29) is 20.0 Å². The molecule has 1 aliphatic rings. The number of rotatable bonds is 6. The highest BCUT2D eigenvalue weighted by Gasteiger charge is 2.17. The van der Waals surface area contributed by atoms with Crippen molar-refractivity contribution < 1.29 is 23.7 Å². The van der Waals surface area contributed by atoms with E-state index in [1.165, 1.54) is 0 Å². The lowest BCUT2D eigenvalue weighted by Crippen LogP contribution is -1.98. The van der Waals surface area contributed by atoms with Gasteiger partial charge in [0.15, 0.2) is 23.9 Å². The van der Waals surface area contributed by atoms with Crippen molar-refractivity contribution in [2.75, 3.05) is 6.79 Å². The number of hydrogen-bond acceptors (Lipinski definition) is 6. The second-order valence-electron chi connectivity index (χ2n) is 7.19. The Bertz CT molecular complexity index is 1220. The fourth-order valence-electron chi connectivity index (χ4n) is 3.68. The summed E-state index contributed by atoms with van der Waals surface area (Å²) in [5.41, 5.74) is 4.59. The second kappa shape index (κ2) is 8.16. The molecule has 31 heavy (non-hydrogen) atoms. The van der Waals surface area contributed by atoms with E-state index >= 15 is 0 Å². The summed E-state index contributed by atoms with van der Waals surface area (Å²) in [5, 5.41) is 9.66. The van der Waals surface area contributed by atoms with Gasteiger partial charge >= 0.3 is 0 Å². The molecule has 0 aliphatic carbocycles. The number of aromatic nitrogens is 1. The van der Waals surface area contributed by atoms with E-state index < -0.39 is 0 Å². The fraction of sp³-hybridized carbons (Fsp3) is 0.160. The Morgan fingerprint density at radius 3 is 2.61 bits per heavy atom. The van der Waals surface area contributed by atoms with Crippen LogP contribution in [0.15, 0.2) is 71.1 Å². The standard InChI is InChI=1S/C25H21NO5/c1-16-19(18-10-11-21-22(12-18)30-15-29-21)8-5-9-20(16)28-14-24-26-25(23(13-27)31-24)17-6-3-2-4-7-17/h2-12,27H,13-15H2,1H3. The third kappa shape index (κ3) is 3.73. The number of nitrogens with zero attached hydrogens (tertiary/aromatic N) is 1. The maximum absolute atomic E-state index is 9.66. The van der Waals surface area contributed by atoms with Crippen molar-refractivity contribution in [3.05, 3.63) is 83.9 Å². The summed E-state index contributed by atoms with van der Waals surface area (Å²) in [6.45, 7) is 2.19. The molecule has 0 atom stereocenters. The lowest BCUT2D eigenvalue weighted by atomic mass is 9.99. The zero-order valence-corrected chi connectivity index (χ0v) is 17.0. The largest absolute Gasteiger partial charge is 0.484 e. The molecule has 0 saturated heterocycles. The summed E-state index contributed by atoms with van der Waals surface area (Å²) in [5.74, 6) is 3.08. The van der Waals surface area contributed by atoms with E-state index in [1.54, 1.807) is 0 Å². The summed E-state index contributed by atoms with van der Waals surface area (Å²) in [4.78, 5) is 4.53. The number of aliphatic hydroxyl groups is 1. The van der Waals surface area contributed by atoms with Crippen LogP contribution in [-0.4, -0.2) is 16.9 Å². The topological polar surface area (TPSA) is 74.0 Å². The molecule has 5 rings (SSSR count). The molecule has 6 nitrogen and oxygen atoms in total. The van der Waals surface area contributed by atoms with E-state index in [1.807, 2.05) is 73.7 Å². The van der Waals surface area contributed by atoms with E-state index in [0.717, 1.165) is 39.5 Å². The molecule has 2 heterocycles. The average Bonchev–Trinajstić information content (AvgIpc) is 3.45. The van der Waals surface area contributed by atoms with Crippen molar-refractivity contribution in [1.29, 1.82) is 0 Å². The normalized spacial score (nSPS) is 12.2. The van der Waals surface area contributed by atoms with Gasteiger partial charge in [-0.05, 0) is 41.8 Å². The minimum absolute atomic E-state index is 0.158. The van der Waals surface area contributed by atoms with Gasteiger partial charge in [0.05, 0.1) is 0 Å². The predicted molar refractivity (Wildman–Crippen MR) is 115 cm³/mol. The molecule has 1 aliphatic heterocycles. The van der Waals surface area contributed by atoms with Gasteiger partial charge in [-0.1, -0.05) is 48.5 Å². The minimum atomic E-state index is -0.226. The van der Waals surface area contributed by atoms with Crippen LogP contribution in [0.25, 0.3) is 22.4 Å². The molecule has 0 amide bonds. The molecule has 3 aromatic carbocycles. The van der Waals surface area contributed by atoms with Crippen LogP contribution in [0, 0.1) is 6.92 Å². The smallest absolute Gasteiger partial charge is 0.233 e. The van der Waals surface area contributed by atoms with Crippen LogP contribution in [0.3, 0.4) is 0 Å². The summed E-state index contributed by atoms with van der Waals surface area (Å²) in [7, 11) is 0. The Morgan fingerprint density at radius 2 is 1.77 bits per heavy atom. The number of fused-ring (bicyclic) bond motifs is 1. The van der Waals surface area contributed by atoms with Crippen LogP contribution in [0.2, 0.25) is 0 Å². The quantitative estimate of drug-likeness (QED) is 0.471. The van der Waals surface area contributed by atoms with E-state index in [0.29, 0.717) is 17.3 Å². The van der Waals surface area contributed by atoms with Crippen LogP contribution in [-0.2, 0) is 13.2 Å². The summed E-state index contributed by atoms with van der Waals surface area (Å²) in [6.07, 6.45) is 0. The van der Waals surface area contributed by atoms with E-state index in [2.05, 4.69) is 4.98 Å². The molecule has 0 fully saturated rings. The summed E-state index contributed by atoms with van der Waals surface area (Å²) in [6, 6.07) is 21.4. The van der Waals surface area contributed by atoms with Crippen molar-refractivity contribution in [3.8, 4) is 39.6 Å². The highest BCUT2D eigenvalue weighted by molar-refractivity contribution is 5.72. The minimum Gasteiger partial charge on any atom is -0.484 e. The summed E-state index contributed by atoms with van der Waals surface area (Å²) < 4.78 is 22.7. The Morgan fingerprint density at radius 1 is 0.935 bits per heavy atom. The number of oxazole rings is 1. The third-order valence-electron chi connectivity index (χ3n) is 5.25. The van der Waals surface area contributed by atoms with Gasteiger partial charge in [0.25, 0.3) is 0 Å². The van der Waals surface area contributed by atoms with Crippen molar-refractivity contribution in [2.45, 2.75) is 20.1 Å². The zero-order valence-electron chi connectivity index (χ0n) is 17.0. The number of hydrogen-bond donors (Lipinski definition) is 1. The zero-order chi connectivity index (χ0) is 21.2. The van der Waals surface area contributed by atoms with Crippen LogP contribution in [0.1, 0.15) is 17.2 Å². The lowest BCUT2D eigenvalue weighted by molar-refractivity contribution is 0.174. The predicted octanol–water partition coefficient (Wildman–Crippen LogP) is 5.12. The van der Waals surface area contributed by atoms with Crippen LogP contribution in [0.5, 0.6) is 17.2 Å². The Balaban J connectivity index is 1.38. The molecule has 6 heteroatoms. The average molecular weight is 415 g/mol. The van der Waals surface area contributed by atoms with Gasteiger partial charge in [0.2, 0.25) is 12.7 Å². The van der Waals surface area contributed by atoms with E-state index in [4.69, 9.17) is 18.6 Å². The van der Waals surface area contributed by atoms with Crippen molar-refractivity contribution in [3.63, 3.8) is 0 Å². The highest BCUT2D eigenvalue weighted by Crippen LogP contribution is 2.38. The Labute approximate surface area is 179 Å². The molecule has 1 aromatic heterocycles. The maximum atomic E-state index is 9.66. The molecule has 1 N–H and O–H groups in total. The van der Waals surface area contributed by atoms with Crippen molar-refractivity contribution in [1.82, 2.24) is 4.98 Å². The SMILES string of the molecule is Cc1c(OCc2nc(-c3ccccc3)c(CO)o2)cccc1-c1ccc2c(c1)OCO2. The highest BCUT2D eigenvalue weighted by atomic mass is 16.7. The monoisotopic (exact) mass is 415 g/mol. The van der Waals surface area contributed by atoms with Gasteiger partial charge in [0, 0.05) is 5.56 Å². The second-order valence-corrected chi connectivity index (χ2v) is 7.19. The molecule has 156 valence electrons. The molecule has 0 unspecified atom stereocenters. The van der Waals surface area contributed by atoms with Crippen LogP contribution in [0.4, 0.5) is 0 Å². The molecule has 0 bridgehead atoms. The van der Waals surface area contributed by atoms with Crippen molar-refractivity contribution in [2.24, 2.45) is 0 Å². The van der Waals surface area contributed by atoms with Gasteiger partial charge in [-0.25, -0.2) is 4.98 Å². The van der Waals surface area contributed by atoms with Gasteiger partial charge in [0.1, 0.15) is 18.1 Å². The van der Waals surface area contributed by atoms with Gasteiger partial charge in [-0.15, -0.1) is 0 Å². The molecule has 0 saturated carbocycles. The van der Waals surface area contributed by atoms with Gasteiger partial charge in [-0.2, -0.15) is 0 Å². The molecular weight excluding hydrogens is 394 g/mol. The third-order valence-corrected chi connectivity index (χ3v) is 5.25. The fourth-order valence-corrected chi connectivity index (χ4v) is 3.68. The van der Waals surface area contributed by atoms with Crippen molar-refractivity contribution >= 4 is 0 Å². The lowest BCUT2D eigenvalue weighted by Gasteiger charge is -2.12. The summed E-state index contributed by atoms with van der Waals surface area (Å²) >= 11 is 0. The first-order valence-corrected chi connectivity index (χ1v) is 10.00. The maximum Gasteiger partial charge on any atom is 0.233 e. The van der Waals surface area contributed by atoms with Gasteiger partial charge in [-0.3, -0.25) is 0 Å². The van der Waals surface area contributed by atoms with E-state index in [9.17, 15) is 5.11 Å².